The summed E-state index contributed by atoms with van der Waals surface area (Å²) in [6.07, 6.45) is 87.9. The van der Waals surface area contributed by atoms with Gasteiger partial charge in [0, 0.05) is 19.3 Å². The molecule has 0 radical (unpaired) electrons. The Bertz CT molecular complexity index is 1450. The summed E-state index contributed by atoms with van der Waals surface area (Å²) in [5.41, 5.74) is 0. The van der Waals surface area contributed by atoms with Crippen LogP contribution in [-0.2, 0) is 28.6 Å². The van der Waals surface area contributed by atoms with Crippen molar-refractivity contribution in [1.82, 2.24) is 0 Å². The van der Waals surface area contributed by atoms with Crippen LogP contribution >= 0.6 is 0 Å². The molecule has 0 bridgehead atoms. The van der Waals surface area contributed by atoms with E-state index in [1.165, 1.54) is 212 Å². The molecule has 1 unspecified atom stereocenters. The molecule has 0 aromatic rings. The van der Waals surface area contributed by atoms with Crippen molar-refractivity contribution in [2.45, 2.75) is 361 Å². The fraction of sp³-hybridized carbons (Fsp3) is 0.795. The molecule has 0 spiro atoms. The van der Waals surface area contributed by atoms with Crippen LogP contribution in [-0.4, -0.2) is 37.2 Å². The van der Waals surface area contributed by atoms with Gasteiger partial charge in [0.2, 0.25) is 0 Å². The van der Waals surface area contributed by atoms with Gasteiger partial charge in [0.15, 0.2) is 6.10 Å². The molecule has 1 atom stereocenters. The van der Waals surface area contributed by atoms with E-state index in [0.717, 1.165) is 103 Å². The summed E-state index contributed by atoms with van der Waals surface area (Å²) in [4.78, 5) is 38.4. The van der Waals surface area contributed by atoms with Crippen LogP contribution in [0.5, 0.6) is 0 Å². The highest BCUT2D eigenvalue weighted by Gasteiger charge is 2.19. The van der Waals surface area contributed by atoms with Gasteiger partial charge in [-0.3, -0.25) is 14.4 Å². The summed E-state index contributed by atoms with van der Waals surface area (Å²) in [5, 5.41) is 0. The van der Waals surface area contributed by atoms with Crippen LogP contribution < -0.4 is 0 Å². The first-order chi connectivity index (χ1) is 39.0. The number of ether oxygens (including phenoxy) is 3. The van der Waals surface area contributed by atoms with E-state index in [-0.39, 0.29) is 31.1 Å². The van der Waals surface area contributed by atoms with E-state index in [1.807, 2.05) is 0 Å². The molecule has 0 rings (SSSR count). The van der Waals surface area contributed by atoms with E-state index in [9.17, 15) is 14.4 Å². The van der Waals surface area contributed by atoms with Gasteiger partial charge >= 0.3 is 17.9 Å². The monoisotopic (exact) mass is 1100 g/mol. The van der Waals surface area contributed by atoms with Gasteiger partial charge in [-0.25, -0.2) is 0 Å². The summed E-state index contributed by atoms with van der Waals surface area (Å²) >= 11 is 0. The van der Waals surface area contributed by atoms with Gasteiger partial charge in [-0.15, -0.1) is 0 Å². The molecule has 0 amide bonds. The zero-order valence-corrected chi connectivity index (χ0v) is 52.6. The van der Waals surface area contributed by atoms with Gasteiger partial charge in [-0.1, -0.05) is 299 Å². The Balaban J connectivity index is 4.23. The third-order valence-corrected chi connectivity index (χ3v) is 15.2. The number of hydrogen-bond acceptors (Lipinski definition) is 6. The van der Waals surface area contributed by atoms with Crippen LogP contribution in [0.2, 0.25) is 0 Å². The minimum Gasteiger partial charge on any atom is -0.462 e. The Kier molecular flexibility index (Phi) is 64.7. The van der Waals surface area contributed by atoms with E-state index >= 15 is 0 Å². The summed E-state index contributed by atoms with van der Waals surface area (Å²) in [6.45, 7) is 6.54. The molecular formula is C73H130O6. The summed E-state index contributed by atoms with van der Waals surface area (Å²) < 4.78 is 16.9. The Morgan fingerprint density at radius 1 is 0.266 bits per heavy atom. The van der Waals surface area contributed by atoms with Crippen LogP contribution in [0.3, 0.4) is 0 Å². The molecule has 0 N–H and O–H groups in total. The molecular weight excluding hydrogens is 973 g/mol. The summed E-state index contributed by atoms with van der Waals surface area (Å²) in [7, 11) is 0. The van der Waals surface area contributed by atoms with Crippen LogP contribution in [0.25, 0.3) is 0 Å². The summed E-state index contributed by atoms with van der Waals surface area (Å²) in [6, 6.07) is 0. The number of allylic oxidation sites excluding steroid dienone is 12. The van der Waals surface area contributed by atoms with E-state index in [4.69, 9.17) is 14.2 Å². The highest BCUT2D eigenvalue weighted by Crippen LogP contribution is 2.17. The molecule has 458 valence electrons. The molecule has 0 aliphatic rings. The molecule has 0 saturated carbocycles. The lowest BCUT2D eigenvalue weighted by Gasteiger charge is -2.18. The fourth-order valence-electron chi connectivity index (χ4n) is 10.0. The third-order valence-electron chi connectivity index (χ3n) is 15.2. The fourth-order valence-corrected chi connectivity index (χ4v) is 10.0. The average Bonchev–Trinajstić information content (AvgIpc) is 3.45. The number of esters is 3. The van der Waals surface area contributed by atoms with Gasteiger partial charge in [0.25, 0.3) is 0 Å². The van der Waals surface area contributed by atoms with Gasteiger partial charge < -0.3 is 14.2 Å². The Morgan fingerprint density at radius 3 is 0.797 bits per heavy atom. The third kappa shape index (κ3) is 65.5. The molecule has 0 aromatic heterocycles. The van der Waals surface area contributed by atoms with Crippen molar-refractivity contribution < 1.29 is 28.6 Å². The van der Waals surface area contributed by atoms with Crippen molar-refractivity contribution in [2.75, 3.05) is 13.2 Å². The van der Waals surface area contributed by atoms with Gasteiger partial charge in [0.1, 0.15) is 13.2 Å². The molecule has 79 heavy (non-hydrogen) atoms. The Hall–Kier alpha value is -3.15. The van der Waals surface area contributed by atoms with Crippen LogP contribution in [0.4, 0.5) is 0 Å². The number of unbranched alkanes of at least 4 members (excludes halogenated alkanes) is 40. The predicted octanol–water partition coefficient (Wildman–Crippen LogP) is 23.7. The first kappa shape index (κ1) is 75.8. The van der Waals surface area contributed by atoms with Crippen molar-refractivity contribution in [2.24, 2.45) is 0 Å². The largest absolute Gasteiger partial charge is 0.462 e. The Morgan fingerprint density at radius 2 is 0.494 bits per heavy atom. The molecule has 0 aliphatic carbocycles. The Labute approximate surface area is 491 Å². The van der Waals surface area contributed by atoms with Crippen LogP contribution in [0.15, 0.2) is 72.9 Å². The smallest absolute Gasteiger partial charge is 0.306 e. The van der Waals surface area contributed by atoms with E-state index in [1.54, 1.807) is 0 Å². The maximum atomic E-state index is 12.9. The normalized spacial score (nSPS) is 12.5. The molecule has 0 aromatic carbocycles. The number of carbonyl (C=O) groups is 3. The van der Waals surface area contributed by atoms with Crippen molar-refractivity contribution in [1.29, 1.82) is 0 Å². The number of rotatable bonds is 63. The average molecular weight is 1100 g/mol. The molecule has 6 nitrogen and oxygen atoms in total. The standard InChI is InChI=1S/C73H130O6/c1-4-7-10-13-16-19-22-25-27-29-31-32-33-34-35-36-37-38-39-40-42-43-45-48-51-54-57-60-63-66-72(75)78-69-70(68-77-71(74)65-62-59-56-53-50-47-24-21-18-15-12-9-6-3)79-73(76)67-64-61-58-55-52-49-46-44-41-30-28-26-23-20-17-14-11-8-5-2/h8,11,17,20-21,24,26,28-29,31,41,44,70H,4-7,9-10,12-16,18-19,22-23,25,27,30,32-40,42-43,45-69H2,1-3H3/b11-8-,20-17-,24-21-,28-26-,31-29-,44-41-. The topological polar surface area (TPSA) is 78.9 Å². The van der Waals surface area contributed by atoms with Crippen molar-refractivity contribution in [3.8, 4) is 0 Å². The van der Waals surface area contributed by atoms with Crippen LogP contribution in [0, 0.1) is 0 Å². The zero-order valence-electron chi connectivity index (χ0n) is 52.6. The van der Waals surface area contributed by atoms with E-state index < -0.39 is 6.10 Å². The van der Waals surface area contributed by atoms with E-state index in [2.05, 4.69) is 93.7 Å². The second-order valence-corrected chi connectivity index (χ2v) is 23.1. The number of carbonyl (C=O) groups excluding carboxylic acids is 3. The predicted molar refractivity (Wildman–Crippen MR) is 344 cm³/mol. The van der Waals surface area contributed by atoms with Crippen molar-refractivity contribution >= 4 is 17.9 Å². The van der Waals surface area contributed by atoms with E-state index in [0.29, 0.717) is 19.3 Å². The lowest BCUT2D eigenvalue weighted by molar-refractivity contribution is -0.167. The quantitative estimate of drug-likeness (QED) is 0.0261. The molecule has 0 saturated heterocycles. The second-order valence-electron chi connectivity index (χ2n) is 23.1. The van der Waals surface area contributed by atoms with Crippen molar-refractivity contribution in [3.05, 3.63) is 72.9 Å². The van der Waals surface area contributed by atoms with Crippen molar-refractivity contribution in [3.63, 3.8) is 0 Å². The van der Waals surface area contributed by atoms with Crippen LogP contribution in [0.1, 0.15) is 355 Å². The lowest BCUT2D eigenvalue weighted by atomic mass is 10.0. The molecule has 0 heterocycles. The lowest BCUT2D eigenvalue weighted by Crippen LogP contribution is -2.30. The first-order valence-corrected chi connectivity index (χ1v) is 34.4. The minimum atomic E-state index is -0.787. The molecule has 0 fully saturated rings. The minimum absolute atomic E-state index is 0.0813. The van der Waals surface area contributed by atoms with Gasteiger partial charge in [-0.2, -0.15) is 0 Å². The van der Waals surface area contributed by atoms with Gasteiger partial charge in [0.05, 0.1) is 0 Å². The number of hydrogen-bond donors (Lipinski definition) is 0. The second kappa shape index (κ2) is 67.4. The maximum absolute atomic E-state index is 12.9. The maximum Gasteiger partial charge on any atom is 0.306 e. The molecule has 6 heteroatoms. The zero-order chi connectivity index (χ0) is 57.1. The highest BCUT2D eigenvalue weighted by molar-refractivity contribution is 5.71. The highest BCUT2D eigenvalue weighted by atomic mass is 16.6. The SMILES string of the molecule is CC/C=C\C/C=C\C/C=C\C/C=C\CCCCCCCCC(=O)OC(COC(=O)CCCCCCC/C=C\CCCCCC)COC(=O)CCCCCCCCCCCCCCCCCCC/C=C\CCCCCCCCCC. The summed E-state index contributed by atoms with van der Waals surface area (Å²) in [5.74, 6) is -0.887. The molecule has 0 aliphatic heterocycles. The first-order valence-electron chi connectivity index (χ1n) is 34.4. The van der Waals surface area contributed by atoms with Gasteiger partial charge in [-0.05, 0) is 109 Å².